The maximum atomic E-state index is 5.82. The van der Waals surface area contributed by atoms with E-state index in [4.69, 9.17) is 4.42 Å². The van der Waals surface area contributed by atoms with Gasteiger partial charge in [-0.25, -0.2) is 0 Å². The van der Waals surface area contributed by atoms with Crippen molar-refractivity contribution in [3.8, 4) is 11.5 Å². The highest BCUT2D eigenvalue weighted by Gasteiger charge is 2.22. The van der Waals surface area contributed by atoms with E-state index in [1.54, 1.807) is 0 Å². The lowest BCUT2D eigenvalue weighted by atomic mass is 9.99. The number of benzene rings is 1. The molecule has 3 rings (SSSR count). The number of hydrogen-bond donors (Lipinski definition) is 0. The molecule has 0 radical (unpaired) electrons. The zero-order valence-corrected chi connectivity index (χ0v) is 13.2. The number of rotatable bonds is 5. The van der Waals surface area contributed by atoms with Gasteiger partial charge >= 0.3 is 6.01 Å². The summed E-state index contributed by atoms with van der Waals surface area (Å²) in [6, 6.07) is 10.6. The molecule has 0 saturated carbocycles. The molecule has 1 aromatic heterocycles. The molecule has 0 unspecified atom stereocenters. The van der Waals surface area contributed by atoms with Gasteiger partial charge < -0.3 is 9.32 Å². The van der Waals surface area contributed by atoms with E-state index < -0.39 is 0 Å². The molecule has 1 aliphatic rings. The number of nitrogens with zero attached hydrogens (tertiary/aromatic N) is 3. The Morgan fingerprint density at radius 1 is 1.19 bits per heavy atom. The van der Waals surface area contributed by atoms with Crippen LogP contribution >= 0.6 is 11.8 Å². The fourth-order valence-electron chi connectivity index (χ4n) is 2.62. The maximum absolute atomic E-state index is 5.82. The van der Waals surface area contributed by atoms with Gasteiger partial charge in [0.1, 0.15) is 0 Å². The van der Waals surface area contributed by atoms with Crippen LogP contribution in [0.2, 0.25) is 0 Å². The van der Waals surface area contributed by atoms with E-state index in [0.29, 0.717) is 11.9 Å². The van der Waals surface area contributed by atoms with Crippen LogP contribution in [0.1, 0.15) is 19.8 Å². The standard InChI is InChI=1S/C16H21N3OS/c1-2-21-12-13-8-10-19(11-9-13)16-18-17-15(20-16)14-6-4-3-5-7-14/h3-7,13H,2,8-12H2,1H3. The van der Waals surface area contributed by atoms with E-state index in [9.17, 15) is 0 Å². The Labute approximate surface area is 129 Å². The molecule has 2 heterocycles. The van der Waals surface area contributed by atoms with E-state index in [-0.39, 0.29) is 0 Å². The summed E-state index contributed by atoms with van der Waals surface area (Å²) in [7, 11) is 0. The minimum atomic E-state index is 0.606. The topological polar surface area (TPSA) is 42.2 Å². The fourth-order valence-corrected chi connectivity index (χ4v) is 3.52. The number of anilines is 1. The SMILES string of the molecule is CCSCC1CCN(c2nnc(-c3ccccc3)o2)CC1. The monoisotopic (exact) mass is 303 g/mol. The lowest BCUT2D eigenvalue weighted by molar-refractivity contribution is 0.419. The van der Waals surface area contributed by atoms with E-state index in [2.05, 4.69) is 22.0 Å². The van der Waals surface area contributed by atoms with Crippen LogP contribution in [0, 0.1) is 5.92 Å². The third-order valence-electron chi connectivity index (χ3n) is 3.88. The van der Waals surface area contributed by atoms with E-state index in [0.717, 1.165) is 24.6 Å². The molecule has 112 valence electrons. The van der Waals surface area contributed by atoms with E-state index in [1.807, 2.05) is 42.1 Å². The van der Waals surface area contributed by atoms with Crippen molar-refractivity contribution in [3.63, 3.8) is 0 Å². The highest BCUT2D eigenvalue weighted by molar-refractivity contribution is 7.99. The number of thioether (sulfide) groups is 1. The summed E-state index contributed by atoms with van der Waals surface area (Å²) in [5.41, 5.74) is 0.977. The van der Waals surface area contributed by atoms with Gasteiger partial charge in [0.2, 0.25) is 5.89 Å². The smallest absolute Gasteiger partial charge is 0.318 e. The van der Waals surface area contributed by atoms with E-state index >= 15 is 0 Å². The predicted octanol–water partition coefficient (Wildman–Crippen LogP) is 3.71. The molecule has 0 aliphatic carbocycles. The summed E-state index contributed by atoms with van der Waals surface area (Å²) in [4.78, 5) is 2.21. The van der Waals surface area contributed by atoms with Gasteiger partial charge in [-0.15, -0.1) is 5.10 Å². The van der Waals surface area contributed by atoms with Gasteiger partial charge in [-0.1, -0.05) is 30.2 Å². The van der Waals surface area contributed by atoms with Gasteiger partial charge in [0, 0.05) is 18.7 Å². The van der Waals surface area contributed by atoms with Crippen LogP contribution in [0.15, 0.2) is 34.7 Å². The first-order valence-corrected chi connectivity index (χ1v) is 8.74. The van der Waals surface area contributed by atoms with Gasteiger partial charge in [0.05, 0.1) is 0 Å². The normalized spacial score (nSPS) is 16.3. The van der Waals surface area contributed by atoms with Crippen molar-refractivity contribution in [2.75, 3.05) is 29.5 Å². The minimum absolute atomic E-state index is 0.606. The molecular weight excluding hydrogens is 282 g/mol. The van der Waals surface area contributed by atoms with Crippen LogP contribution in [-0.4, -0.2) is 34.8 Å². The van der Waals surface area contributed by atoms with E-state index in [1.165, 1.54) is 24.3 Å². The van der Waals surface area contributed by atoms with Gasteiger partial charge in [-0.3, -0.25) is 0 Å². The Bertz CT molecular complexity index is 550. The van der Waals surface area contributed by atoms with Crippen molar-refractivity contribution in [2.45, 2.75) is 19.8 Å². The number of hydrogen-bond acceptors (Lipinski definition) is 5. The van der Waals surface area contributed by atoms with Crippen molar-refractivity contribution in [3.05, 3.63) is 30.3 Å². The van der Waals surface area contributed by atoms with Gasteiger partial charge in [0.25, 0.3) is 0 Å². The minimum Gasteiger partial charge on any atom is -0.403 e. The number of piperidine rings is 1. The number of aromatic nitrogens is 2. The third-order valence-corrected chi connectivity index (χ3v) is 4.99. The predicted molar refractivity (Wildman–Crippen MR) is 87.7 cm³/mol. The molecular formula is C16H21N3OS. The van der Waals surface area contributed by atoms with Crippen molar-refractivity contribution < 1.29 is 4.42 Å². The summed E-state index contributed by atoms with van der Waals surface area (Å²) in [6.07, 6.45) is 2.44. The fraction of sp³-hybridized carbons (Fsp3) is 0.500. The molecule has 0 atom stereocenters. The van der Waals surface area contributed by atoms with Crippen LogP contribution in [-0.2, 0) is 0 Å². The molecule has 21 heavy (non-hydrogen) atoms. The molecule has 0 amide bonds. The molecule has 5 heteroatoms. The van der Waals surface area contributed by atoms with Gasteiger partial charge in [-0.2, -0.15) is 11.8 Å². The molecule has 1 aromatic carbocycles. The second kappa shape index (κ2) is 6.98. The Kier molecular flexibility index (Phi) is 4.80. The van der Waals surface area contributed by atoms with Crippen molar-refractivity contribution >= 4 is 17.8 Å². The highest BCUT2D eigenvalue weighted by atomic mass is 32.2. The molecule has 1 aliphatic heterocycles. The van der Waals surface area contributed by atoms with Crippen LogP contribution in [0.25, 0.3) is 11.5 Å². The van der Waals surface area contributed by atoms with Crippen LogP contribution in [0.3, 0.4) is 0 Å². The van der Waals surface area contributed by atoms with Crippen LogP contribution in [0.4, 0.5) is 6.01 Å². The first-order chi connectivity index (χ1) is 10.4. The van der Waals surface area contributed by atoms with Crippen LogP contribution in [0.5, 0.6) is 0 Å². The second-order valence-corrected chi connectivity index (χ2v) is 6.66. The molecule has 1 saturated heterocycles. The second-order valence-electron chi connectivity index (χ2n) is 5.35. The Balaban J connectivity index is 1.60. The molecule has 1 fully saturated rings. The average molecular weight is 303 g/mol. The Hall–Kier alpha value is -1.49. The summed E-state index contributed by atoms with van der Waals surface area (Å²) in [5, 5.41) is 8.38. The van der Waals surface area contributed by atoms with Crippen LogP contribution < -0.4 is 4.90 Å². The zero-order chi connectivity index (χ0) is 14.5. The quantitative estimate of drug-likeness (QED) is 0.842. The van der Waals surface area contributed by atoms with Crippen molar-refractivity contribution in [1.29, 1.82) is 0 Å². The highest BCUT2D eigenvalue weighted by Crippen LogP contribution is 2.27. The molecule has 0 N–H and O–H groups in total. The van der Waals surface area contributed by atoms with Crippen molar-refractivity contribution in [2.24, 2.45) is 5.92 Å². The first kappa shape index (κ1) is 14.4. The molecule has 2 aromatic rings. The largest absolute Gasteiger partial charge is 0.403 e. The lowest BCUT2D eigenvalue weighted by Crippen LogP contribution is -2.34. The summed E-state index contributed by atoms with van der Waals surface area (Å²) < 4.78 is 5.82. The Morgan fingerprint density at radius 2 is 1.95 bits per heavy atom. The Morgan fingerprint density at radius 3 is 2.67 bits per heavy atom. The lowest BCUT2D eigenvalue weighted by Gasteiger charge is -2.30. The van der Waals surface area contributed by atoms with Gasteiger partial charge in [0.15, 0.2) is 0 Å². The average Bonchev–Trinajstić information content (AvgIpc) is 3.04. The summed E-state index contributed by atoms with van der Waals surface area (Å²) in [5.74, 6) is 3.94. The molecule has 0 bridgehead atoms. The third kappa shape index (κ3) is 3.59. The van der Waals surface area contributed by atoms with Gasteiger partial charge in [-0.05, 0) is 42.4 Å². The van der Waals surface area contributed by atoms with Crippen molar-refractivity contribution in [1.82, 2.24) is 10.2 Å². The maximum Gasteiger partial charge on any atom is 0.318 e. The zero-order valence-electron chi connectivity index (χ0n) is 12.4. The molecule has 0 spiro atoms. The molecule has 4 nitrogen and oxygen atoms in total. The first-order valence-electron chi connectivity index (χ1n) is 7.58. The summed E-state index contributed by atoms with van der Waals surface area (Å²) in [6.45, 7) is 4.26. The summed E-state index contributed by atoms with van der Waals surface area (Å²) >= 11 is 2.04.